The van der Waals surface area contributed by atoms with E-state index in [2.05, 4.69) is 19.2 Å². The van der Waals surface area contributed by atoms with Crippen molar-refractivity contribution in [3.05, 3.63) is 28.8 Å². The van der Waals surface area contributed by atoms with Crippen LogP contribution >= 0.6 is 35.8 Å². The highest BCUT2D eigenvalue weighted by atomic mass is 35.5. The third-order valence-electron chi connectivity index (χ3n) is 6.38. The highest BCUT2D eigenvalue weighted by Gasteiger charge is 2.70. The summed E-state index contributed by atoms with van der Waals surface area (Å²) in [5.74, 6) is 1.04. The molecule has 2 aliphatic heterocycles. The molecule has 3 N–H and O–H groups in total. The summed E-state index contributed by atoms with van der Waals surface area (Å²) < 4.78 is 5.92. The van der Waals surface area contributed by atoms with Crippen molar-refractivity contribution >= 4 is 41.7 Å². The van der Waals surface area contributed by atoms with Crippen LogP contribution in [0.15, 0.2) is 23.1 Å². The SMILES string of the molecule is CC1(C)C2OCCCC2C1(N)C(=O)NC1CCSc2ccc(Cl)cc21.Cl. The maximum absolute atomic E-state index is 13.2. The van der Waals surface area contributed by atoms with Gasteiger partial charge in [0, 0.05) is 33.6 Å². The van der Waals surface area contributed by atoms with Gasteiger partial charge < -0.3 is 15.8 Å². The average Bonchev–Trinajstić information content (AvgIpc) is 2.61. The monoisotopic (exact) mass is 416 g/mol. The van der Waals surface area contributed by atoms with Crippen LogP contribution in [0.5, 0.6) is 0 Å². The molecule has 0 bridgehead atoms. The molecule has 3 aliphatic rings. The maximum atomic E-state index is 13.2. The second-order valence-corrected chi connectivity index (χ2v) is 9.55. The Morgan fingerprint density at radius 2 is 2.15 bits per heavy atom. The Hall–Kier alpha value is -0.460. The summed E-state index contributed by atoms with van der Waals surface area (Å²) in [5.41, 5.74) is 6.60. The normalized spacial score (nSPS) is 34.5. The molecule has 4 atom stereocenters. The van der Waals surface area contributed by atoms with E-state index in [1.807, 2.05) is 30.0 Å². The molecule has 1 aromatic carbocycles. The number of ether oxygens (including phenoxy) is 1. The average molecular weight is 417 g/mol. The van der Waals surface area contributed by atoms with Gasteiger partial charge in [-0.2, -0.15) is 0 Å². The molecular formula is C19H26Cl2N2O2S. The third kappa shape index (κ3) is 2.87. The fourth-order valence-electron chi connectivity index (χ4n) is 4.83. The summed E-state index contributed by atoms with van der Waals surface area (Å²) in [5, 5.41) is 3.94. The topological polar surface area (TPSA) is 64.3 Å². The predicted molar refractivity (Wildman–Crippen MR) is 108 cm³/mol. The van der Waals surface area contributed by atoms with Gasteiger partial charge in [0.1, 0.15) is 5.54 Å². The maximum Gasteiger partial charge on any atom is 0.241 e. The molecule has 0 aromatic heterocycles. The van der Waals surface area contributed by atoms with E-state index in [9.17, 15) is 4.79 Å². The van der Waals surface area contributed by atoms with Crippen LogP contribution in [0.3, 0.4) is 0 Å². The van der Waals surface area contributed by atoms with Crippen LogP contribution < -0.4 is 11.1 Å². The molecule has 4 nitrogen and oxygen atoms in total. The smallest absolute Gasteiger partial charge is 0.241 e. The Labute approximate surface area is 170 Å². The zero-order valence-corrected chi connectivity index (χ0v) is 17.5. The van der Waals surface area contributed by atoms with Gasteiger partial charge in [-0.25, -0.2) is 0 Å². The molecule has 4 rings (SSSR count). The molecule has 1 saturated carbocycles. The highest BCUT2D eigenvalue weighted by molar-refractivity contribution is 7.99. The molecule has 144 valence electrons. The lowest BCUT2D eigenvalue weighted by atomic mass is 9.46. The van der Waals surface area contributed by atoms with Gasteiger partial charge in [0.25, 0.3) is 0 Å². The van der Waals surface area contributed by atoms with Gasteiger partial charge in [-0.05, 0) is 43.0 Å². The number of carbonyl (C=O) groups is 1. The highest BCUT2D eigenvalue weighted by Crippen LogP contribution is 2.57. The minimum atomic E-state index is -0.874. The molecule has 4 unspecified atom stereocenters. The van der Waals surface area contributed by atoms with Crippen molar-refractivity contribution in [1.29, 1.82) is 0 Å². The number of fused-ring (bicyclic) bond motifs is 2. The summed E-state index contributed by atoms with van der Waals surface area (Å²) in [6.07, 6.45) is 2.91. The number of amides is 1. The van der Waals surface area contributed by atoms with Crippen LogP contribution in [0.25, 0.3) is 0 Å². The first kappa shape index (κ1) is 20.3. The number of carbonyl (C=O) groups excluding carboxylic acids is 1. The predicted octanol–water partition coefficient (Wildman–Crippen LogP) is 3.95. The Balaban J connectivity index is 0.00000196. The molecule has 1 aromatic rings. The van der Waals surface area contributed by atoms with E-state index in [-0.39, 0.29) is 41.8 Å². The van der Waals surface area contributed by atoms with Crippen molar-refractivity contribution < 1.29 is 9.53 Å². The zero-order chi connectivity index (χ0) is 17.8. The molecule has 7 heteroatoms. The van der Waals surface area contributed by atoms with Crippen LogP contribution in [-0.4, -0.2) is 29.9 Å². The largest absolute Gasteiger partial charge is 0.377 e. The van der Waals surface area contributed by atoms with Crippen LogP contribution in [0, 0.1) is 11.3 Å². The summed E-state index contributed by atoms with van der Waals surface area (Å²) >= 11 is 7.99. The molecule has 2 fully saturated rings. The van der Waals surface area contributed by atoms with Gasteiger partial charge in [-0.1, -0.05) is 25.4 Å². The van der Waals surface area contributed by atoms with Crippen LogP contribution in [-0.2, 0) is 9.53 Å². The first-order chi connectivity index (χ1) is 11.9. The fraction of sp³-hybridized carbons (Fsp3) is 0.632. The van der Waals surface area contributed by atoms with Crippen molar-refractivity contribution in [1.82, 2.24) is 5.32 Å². The molecular weight excluding hydrogens is 391 g/mol. The lowest BCUT2D eigenvalue weighted by Crippen LogP contribution is -2.82. The number of rotatable bonds is 2. The lowest BCUT2D eigenvalue weighted by Gasteiger charge is -2.65. The molecule has 1 aliphatic carbocycles. The zero-order valence-electron chi connectivity index (χ0n) is 15.1. The van der Waals surface area contributed by atoms with E-state index in [0.29, 0.717) is 5.02 Å². The Kier molecular flexibility index (Phi) is 5.59. The van der Waals surface area contributed by atoms with E-state index < -0.39 is 5.54 Å². The quantitative estimate of drug-likeness (QED) is 0.765. The second kappa shape index (κ2) is 7.17. The Morgan fingerprint density at radius 3 is 2.92 bits per heavy atom. The van der Waals surface area contributed by atoms with Crippen LogP contribution in [0.2, 0.25) is 5.02 Å². The summed E-state index contributed by atoms with van der Waals surface area (Å²) in [6.45, 7) is 4.88. The minimum Gasteiger partial charge on any atom is -0.377 e. The van der Waals surface area contributed by atoms with Crippen LogP contribution in [0.4, 0.5) is 0 Å². The molecule has 2 heterocycles. The Morgan fingerprint density at radius 1 is 1.38 bits per heavy atom. The van der Waals surface area contributed by atoms with E-state index in [0.717, 1.165) is 37.2 Å². The third-order valence-corrected chi connectivity index (χ3v) is 7.73. The number of halogens is 2. The fourth-order valence-corrected chi connectivity index (χ4v) is 6.12. The molecule has 0 spiro atoms. The number of hydrogen-bond donors (Lipinski definition) is 2. The van der Waals surface area contributed by atoms with Crippen molar-refractivity contribution in [2.24, 2.45) is 17.1 Å². The first-order valence-corrected chi connectivity index (χ1v) is 10.4. The summed E-state index contributed by atoms with van der Waals surface area (Å²) in [4.78, 5) is 14.4. The van der Waals surface area contributed by atoms with E-state index in [4.69, 9.17) is 22.1 Å². The molecule has 26 heavy (non-hydrogen) atoms. The van der Waals surface area contributed by atoms with Gasteiger partial charge in [-0.15, -0.1) is 24.2 Å². The summed E-state index contributed by atoms with van der Waals surface area (Å²) in [6, 6.07) is 5.88. The number of nitrogens with one attached hydrogen (secondary N) is 1. The van der Waals surface area contributed by atoms with Crippen molar-refractivity contribution in [3.8, 4) is 0 Å². The second-order valence-electron chi connectivity index (χ2n) is 7.98. The number of thioether (sulfide) groups is 1. The standard InChI is InChI=1S/C19H25ClN2O2S.ClH/c1-18(2)16-13(4-3-8-24-16)19(18,21)17(23)22-14-7-9-25-15-6-5-11(20)10-12(14)15;/h5-6,10,13-14,16H,3-4,7-9,21H2,1-2H3,(H,22,23);1H. The van der Waals surface area contributed by atoms with Gasteiger partial charge in [0.05, 0.1) is 12.1 Å². The van der Waals surface area contributed by atoms with Gasteiger partial charge in [0.15, 0.2) is 0 Å². The molecule has 1 amide bonds. The van der Waals surface area contributed by atoms with Gasteiger partial charge in [-0.3, -0.25) is 4.79 Å². The number of hydrogen-bond acceptors (Lipinski definition) is 4. The minimum absolute atomic E-state index is 0. The van der Waals surface area contributed by atoms with Crippen LogP contribution in [0.1, 0.15) is 44.7 Å². The van der Waals surface area contributed by atoms with Gasteiger partial charge in [0.2, 0.25) is 5.91 Å². The Bertz CT molecular complexity index is 715. The first-order valence-electron chi connectivity index (χ1n) is 8.99. The van der Waals surface area contributed by atoms with Crippen molar-refractivity contribution in [2.75, 3.05) is 12.4 Å². The van der Waals surface area contributed by atoms with Gasteiger partial charge >= 0.3 is 0 Å². The number of nitrogens with two attached hydrogens (primary N) is 1. The van der Waals surface area contributed by atoms with Crippen molar-refractivity contribution in [3.63, 3.8) is 0 Å². The van der Waals surface area contributed by atoms with E-state index >= 15 is 0 Å². The number of benzene rings is 1. The summed E-state index contributed by atoms with van der Waals surface area (Å²) in [7, 11) is 0. The van der Waals surface area contributed by atoms with E-state index in [1.165, 1.54) is 4.90 Å². The molecule has 0 radical (unpaired) electrons. The van der Waals surface area contributed by atoms with E-state index in [1.54, 1.807) is 0 Å². The molecule has 1 saturated heterocycles. The van der Waals surface area contributed by atoms with Crippen molar-refractivity contribution in [2.45, 2.75) is 55.7 Å². The lowest BCUT2D eigenvalue weighted by molar-refractivity contribution is -0.225.